The number of carbonyl (C=O) groups excluding carboxylic acids is 1. The fraction of sp³-hybridized carbons (Fsp3) is 0.562. The summed E-state index contributed by atoms with van der Waals surface area (Å²) in [6.45, 7) is 7.53. The smallest absolute Gasteiger partial charge is 0.179 e. The number of likely N-dealkylation sites (tertiary alicyclic amines) is 1. The van der Waals surface area contributed by atoms with Crippen LogP contribution in [0.25, 0.3) is 0 Å². The van der Waals surface area contributed by atoms with Crippen LogP contribution in [-0.2, 0) is 0 Å². The molecule has 3 atom stereocenters. The highest BCUT2D eigenvalue weighted by atomic mass is 35.5. The van der Waals surface area contributed by atoms with Crippen molar-refractivity contribution in [1.82, 2.24) is 4.90 Å². The second kappa shape index (κ2) is 6.06. The SMILES string of the molecule is CC1CCN(C(C)C(=O)c2cccc(Cl)c2)C(C)C1. The summed E-state index contributed by atoms with van der Waals surface area (Å²) >= 11 is 5.96. The first-order chi connectivity index (χ1) is 8.99. The van der Waals surface area contributed by atoms with Crippen LogP contribution in [0.4, 0.5) is 0 Å². The van der Waals surface area contributed by atoms with Gasteiger partial charge in [0, 0.05) is 16.6 Å². The Morgan fingerprint density at radius 1 is 1.42 bits per heavy atom. The van der Waals surface area contributed by atoms with Gasteiger partial charge in [-0.3, -0.25) is 9.69 Å². The van der Waals surface area contributed by atoms with Crippen molar-refractivity contribution in [2.24, 2.45) is 5.92 Å². The Morgan fingerprint density at radius 2 is 2.16 bits per heavy atom. The molecular weight excluding hydrogens is 258 g/mol. The molecule has 19 heavy (non-hydrogen) atoms. The molecule has 1 heterocycles. The number of nitrogens with zero attached hydrogens (tertiary/aromatic N) is 1. The maximum atomic E-state index is 12.5. The molecule has 0 radical (unpaired) electrons. The molecule has 0 aromatic heterocycles. The molecule has 0 bridgehead atoms. The second-order valence-corrected chi connectivity index (χ2v) is 6.20. The molecule has 3 unspecified atom stereocenters. The Balaban J connectivity index is 2.11. The number of hydrogen-bond donors (Lipinski definition) is 0. The van der Waals surface area contributed by atoms with E-state index in [1.54, 1.807) is 12.1 Å². The van der Waals surface area contributed by atoms with Crippen LogP contribution >= 0.6 is 11.6 Å². The van der Waals surface area contributed by atoms with Gasteiger partial charge in [0.1, 0.15) is 0 Å². The van der Waals surface area contributed by atoms with Gasteiger partial charge in [-0.2, -0.15) is 0 Å². The molecule has 2 rings (SSSR count). The number of ketones is 1. The van der Waals surface area contributed by atoms with Crippen LogP contribution in [0.2, 0.25) is 5.02 Å². The highest BCUT2D eigenvalue weighted by Gasteiger charge is 2.30. The van der Waals surface area contributed by atoms with Gasteiger partial charge in [-0.25, -0.2) is 0 Å². The molecule has 0 amide bonds. The summed E-state index contributed by atoms with van der Waals surface area (Å²) in [5.41, 5.74) is 0.714. The summed E-state index contributed by atoms with van der Waals surface area (Å²) < 4.78 is 0. The summed E-state index contributed by atoms with van der Waals surface area (Å²) in [5, 5.41) is 0.623. The first-order valence-electron chi connectivity index (χ1n) is 7.04. The van der Waals surface area contributed by atoms with E-state index in [4.69, 9.17) is 11.6 Å². The van der Waals surface area contributed by atoms with Gasteiger partial charge in [0.2, 0.25) is 0 Å². The van der Waals surface area contributed by atoms with E-state index in [0.717, 1.165) is 12.5 Å². The zero-order valence-corrected chi connectivity index (χ0v) is 12.7. The largest absolute Gasteiger partial charge is 0.292 e. The van der Waals surface area contributed by atoms with Crippen molar-refractivity contribution >= 4 is 17.4 Å². The van der Waals surface area contributed by atoms with Crippen LogP contribution < -0.4 is 0 Å². The Hall–Kier alpha value is -0.860. The first kappa shape index (κ1) is 14.5. The van der Waals surface area contributed by atoms with Crippen LogP contribution in [0.15, 0.2) is 24.3 Å². The third-order valence-corrected chi connectivity index (χ3v) is 4.41. The van der Waals surface area contributed by atoms with Crippen molar-refractivity contribution < 1.29 is 4.79 Å². The van der Waals surface area contributed by atoms with Crippen molar-refractivity contribution in [3.8, 4) is 0 Å². The lowest BCUT2D eigenvalue weighted by atomic mass is 9.91. The molecular formula is C16H22ClNO. The lowest BCUT2D eigenvalue weighted by Gasteiger charge is -2.39. The number of carbonyl (C=O) groups is 1. The van der Waals surface area contributed by atoms with Crippen LogP contribution in [0.5, 0.6) is 0 Å². The van der Waals surface area contributed by atoms with Gasteiger partial charge in [-0.15, -0.1) is 0 Å². The number of piperidine rings is 1. The molecule has 1 fully saturated rings. The maximum Gasteiger partial charge on any atom is 0.179 e. The van der Waals surface area contributed by atoms with E-state index in [1.165, 1.54) is 12.8 Å². The van der Waals surface area contributed by atoms with E-state index in [2.05, 4.69) is 18.7 Å². The van der Waals surface area contributed by atoms with E-state index in [1.807, 2.05) is 19.1 Å². The van der Waals surface area contributed by atoms with Crippen LogP contribution in [0, 0.1) is 5.92 Å². The Kier molecular flexibility index (Phi) is 4.64. The minimum absolute atomic E-state index is 0.0685. The van der Waals surface area contributed by atoms with Gasteiger partial charge in [0.15, 0.2) is 5.78 Å². The van der Waals surface area contributed by atoms with Crippen molar-refractivity contribution in [2.75, 3.05) is 6.54 Å². The number of halogens is 1. The zero-order valence-electron chi connectivity index (χ0n) is 11.9. The molecule has 1 aliphatic heterocycles. The van der Waals surface area contributed by atoms with Gasteiger partial charge in [0.05, 0.1) is 6.04 Å². The molecule has 1 aliphatic rings. The van der Waals surface area contributed by atoms with E-state index in [0.29, 0.717) is 16.6 Å². The van der Waals surface area contributed by atoms with Crippen molar-refractivity contribution in [1.29, 1.82) is 0 Å². The molecule has 3 heteroatoms. The summed E-state index contributed by atoms with van der Waals surface area (Å²) in [5.74, 6) is 0.934. The molecule has 0 spiro atoms. The Labute approximate surface area is 120 Å². The molecule has 1 saturated heterocycles. The highest BCUT2D eigenvalue weighted by Crippen LogP contribution is 2.25. The third kappa shape index (κ3) is 3.37. The van der Waals surface area contributed by atoms with Gasteiger partial charge in [-0.1, -0.05) is 30.7 Å². The second-order valence-electron chi connectivity index (χ2n) is 5.77. The molecule has 1 aromatic rings. The normalized spacial score (nSPS) is 26.1. The molecule has 0 saturated carbocycles. The summed E-state index contributed by atoms with van der Waals surface area (Å²) in [6.07, 6.45) is 2.35. The lowest BCUT2D eigenvalue weighted by molar-refractivity contribution is 0.0628. The number of benzene rings is 1. The number of hydrogen-bond acceptors (Lipinski definition) is 2. The van der Waals surface area contributed by atoms with Crippen LogP contribution in [0.3, 0.4) is 0 Å². The minimum atomic E-state index is -0.0685. The van der Waals surface area contributed by atoms with E-state index < -0.39 is 0 Å². The quantitative estimate of drug-likeness (QED) is 0.779. The monoisotopic (exact) mass is 279 g/mol. The third-order valence-electron chi connectivity index (χ3n) is 4.18. The van der Waals surface area contributed by atoms with Gasteiger partial charge < -0.3 is 0 Å². The molecule has 0 N–H and O–H groups in total. The summed E-state index contributed by atoms with van der Waals surface area (Å²) in [6, 6.07) is 7.65. The van der Waals surface area contributed by atoms with Gasteiger partial charge in [-0.05, 0) is 51.3 Å². The highest BCUT2D eigenvalue weighted by molar-refractivity contribution is 6.31. The fourth-order valence-corrected chi connectivity index (χ4v) is 3.22. The summed E-state index contributed by atoms with van der Waals surface area (Å²) in [7, 11) is 0. The zero-order chi connectivity index (χ0) is 14.0. The van der Waals surface area contributed by atoms with Crippen molar-refractivity contribution in [3.05, 3.63) is 34.9 Å². The van der Waals surface area contributed by atoms with E-state index in [-0.39, 0.29) is 11.8 Å². The van der Waals surface area contributed by atoms with Crippen LogP contribution in [0.1, 0.15) is 44.0 Å². The standard InChI is InChI=1S/C16H22ClNO/c1-11-7-8-18(12(2)9-11)13(3)16(19)14-5-4-6-15(17)10-14/h4-6,10-13H,7-9H2,1-3H3. The van der Waals surface area contributed by atoms with Gasteiger partial charge >= 0.3 is 0 Å². The predicted molar refractivity (Wildman–Crippen MR) is 79.8 cm³/mol. The molecule has 1 aromatic carbocycles. The Bertz CT molecular complexity index is 460. The van der Waals surface area contributed by atoms with E-state index in [9.17, 15) is 4.79 Å². The van der Waals surface area contributed by atoms with Crippen molar-refractivity contribution in [2.45, 2.75) is 45.7 Å². The van der Waals surface area contributed by atoms with Gasteiger partial charge in [0.25, 0.3) is 0 Å². The minimum Gasteiger partial charge on any atom is -0.292 e. The van der Waals surface area contributed by atoms with Crippen molar-refractivity contribution in [3.63, 3.8) is 0 Å². The number of Topliss-reactive ketones (excluding diaryl/α,β-unsaturated/α-hetero) is 1. The number of rotatable bonds is 3. The average molecular weight is 280 g/mol. The predicted octanol–water partition coefficient (Wildman–Crippen LogP) is 4.03. The maximum absolute atomic E-state index is 12.5. The topological polar surface area (TPSA) is 20.3 Å². The lowest BCUT2D eigenvalue weighted by Crippen LogP contribution is -2.48. The summed E-state index contributed by atoms with van der Waals surface area (Å²) in [4.78, 5) is 14.8. The fourth-order valence-electron chi connectivity index (χ4n) is 3.03. The molecule has 104 valence electrons. The molecule has 0 aliphatic carbocycles. The Morgan fingerprint density at radius 3 is 2.79 bits per heavy atom. The first-order valence-corrected chi connectivity index (χ1v) is 7.42. The van der Waals surface area contributed by atoms with E-state index >= 15 is 0 Å². The average Bonchev–Trinajstić information content (AvgIpc) is 2.37. The molecule has 2 nitrogen and oxygen atoms in total. The van der Waals surface area contributed by atoms with Crippen LogP contribution in [-0.4, -0.2) is 29.3 Å².